The number of halogens is 1. The maximum absolute atomic E-state index is 14.7. The van der Waals surface area contributed by atoms with Crippen molar-refractivity contribution in [3.05, 3.63) is 71.5 Å². The Labute approximate surface area is 264 Å². The molecule has 10 nitrogen and oxygen atoms in total. The third-order valence-corrected chi connectivity index (χ3v) is 7.35. The van der Waals surface area contributed by atoms with Gasteiger partial charge < -0.3 is 39.8 Å². The Morgan fingerprint density at radius 3 is 2.33 bits per heavy atom. The van der Waals surface area contributed by atoms with Crippen molar-refractivity contribution in [2.75, 3.05) is 51.1 Å². The number of likely N-dealkylation sites (tertiary alicyclic amines) is 1. The van der Waals surface area contributed by atoms with Crippen molar-refractivity contribution in [2.24, 2.45) is 0 Å². The maximum Gasteiger partial charge on any atom is 0.319 e. The molecule has 3 N–H and O–H groups in total. The smallest absolute Gasteiger partial charge is 0.319 e. The minimum absolute atomic E-state index is 0.0417. The summed E-state index contributed by atoms with van der Waals surface area (Å²) in [6.45, 7) is 9.38. The molecule has 0 aromatic heterocycles. The van der Waals surface area contributed by atoms with Crippen LogP contribution in [0.5, 0.6) is 23.0 Å². The molecule has 45 heavy (non-hydrogen) atoms. The van der Waals surface area contributed by atoms with E-state index in [2.05, 4.69) is 20.9 Å². The first-order chi connectivity index (χ1) is 21.6. The van der Waals surface area contributed by atoms with E-state index >= 15 is 0 Å². The van der Waals surface area contributed by atoms with Gasteiger partial charge in [-0.2, -0.15) is 0 Å². The van der Waals surface area contributed by atoms with E-state index in [-0.39, 0.29) is 35.2 Å². The van der Waals surface area contributed by atoms with Crippen LogP contribution in [0, 0.1) is 12.7 Å². The topological polar surface area (TPSA) is 110 Å². The number of hydrogen-bond acceptors (Lipinski definition) is 7. The Hall–Kier alpha value is -4.35. The largest absolute Gasteiger partial charge is 0.493 e. The zero-order chi connectivity index (χ0) is 32.3. The van der Waals surface area contributed by atoms with Crippen molar-refractivity contribution in [1.29, 1.82) is 0 Å². The predicted molar refractivity (Wildman–Crippen MR) is 172 cm³/mol. The van der Waals surface area contributed by atoms with E-state index < -0.39 is 11.8 Å². The highest BCUT2D eigenvalue weighted by Gasteiger charge is 2.21. The third kappa shape index (κ3) is 9.82. The van der Waals surface area contributed by atoms with Gasteiger partial charge in [0.2, 0.25) is 0 Å². The summed E-state index contributed by atoms with van der Waals surface area (Å²) < 4.78 is 37.4. The molecule has 3 aromatic carbocycles. The minimum atomic E-state index is -0.681. The molecule has 1 aliphatic rings. The Balaban J connectivity index is 1.31. The van der Waals surface area contributed by atoms with Gasteiger partial charge in [-0.1, -0.05) is 0 Å². The Kier molecular flexibility index (Phi) is 12.0. The number of piperidine rings is 1. The lowest BCUT2D eigenvalue weighted by Gasteiger charge is -2.32. The van der Waals surface area contributed by atoms with Crippen molar-refractivity contribution in [3.8, 4) is 23.0 Å². The van der Waals surface area contributed by atoms with Crippen LogP contribution in [0.15, 0.2) is 54.6 Å². The van der Waals surface area contributed by atoms with Crippen molar-refractivity contribution >= 4 is 23.3 Å². The number of ether oxygens (including phenoxy) is 4. The molecule has 0 aliphatic carbocycles. The number of methoxy groups -OCH3 is 2. The monoisotopic (exact) mass is 622 g/mol. The van der Waals surface area contributed by atoms with Crippen LogP contribution in [0.25, 0.3) is 0 Å². The molecule has 0 spiro atoms. The number of aryl methyl sites for hydroxylation is 1. The quantitative estimate of drug-likeness (QED) is 0.184. The molecule has 0 bridgehead atoms. The van der Waals surface area contributed by atoms with Crippen LogP contribution in [0.4, 0.5) is 20.6 Å². The van der Waals surface area contributed by atoms with Gasteiger partial charge in [-0.3, -0.25) is 4.79 Å². The summed E-state index contributed by atoms with van der Waals surface area (Å²) in [7, 11) is 3.15. The number of carbonyl (C=O) groups excluding carboxylic acids is 2. The summed E-state index contributed by atoms with van der Waals surface area (Å²) in [5.41, 5.74) is 1.94. The van der Waals surface area contributed by atoms with Crippen LogP contribution < -0.4 is 30.2 Å². The van der Waals surface area contributed by atoms with Crippen molar-refractivity contribution < 1.29 is 32.9 Å². The molecule has 4 rings (SSSR count). The van der Waals surface area contributed by atoms with Crippen molar-refractivity contribution in [3.63, 3.8) is 0 Å². The Bertz CT molecular complexity index is 1440. The second-order valence-electron chi connectivity index (χ2n) is 11.3. The van der Waals surface area contributed by atoms with Gasteiger partial charge >= 0.3 is 6.03 Å². The molecule has 1 fully saturated rings. The molecule has 0 saturated carbocycles. The zero-order valence-corrected chi connectivity index (χ0v) is 26.6. The molecule has 0 unspecified atom stereocenters. The molecular formula is C34H43FN4O6. The summed E-state index contributed by atoms with van der Waals surface area (Å²) >= 11 is 0. The maximum atomic E-state index is 14.7. The first-order valence-corrected chi connectivity index (χ1v) is 15.2. The molecule has 1 heterocycles. The second kappa shape index (κ2) is 16.1. The number of anilines is 2. The number of carbonyl (C=O) groups is 2. The minimum Gasteiger partial charge on any atom is -0.493 e. The molecular weight excluding hydrogens is 579 g/mol. The lowest BCUT2D eigenvalue weighted by molar-refractivity contribution is 0.0924. The number of urea groups is 1. The van der Waals surface area contributed by atoms with E-state index in [0.29, 0.717) is 17.0 Å². The Morgan fingerprint density at radius 1 is 0.956 bits per heavy atom. The fourth-order valence-corrected chi connectivity index (χ4v) is 5.01. The van der Waals surface area contributed by atoms with E-state index in [0.717, 1.165) is 62.9 Å². The zero-order valence-electron chi connectivity index (χ0n) is 26.6. The summed E-state index contributed by atoms with van der Waals surface area (Å²) in [6.07, 6.45) is 3.13. The number of hydrogen-bond donors (Lipinski definition) is 3. The van der Waals surface area contributed by atoms with Crippen molar-refractivity contribution in [1.82, 2.24) is 10.2 Å². The molecule has 3 amide bonds. The molecule has 0 radical (unpaired) electrons. The summed E-state index contributed by atoms with van der Waals surface area (Å²) in [5.74, 6) is 0.629. The third-order valence-electron chi connectivity index (χ3n) is 7.35. The first kappa shape index (κ1) is 33.5. The number of nitrogens with one attached hydrogen (secondary N) is 3. The van der Waals surface area contributed by atoms with E-state index in [9.17, 15) is 14.0 Å². The highest BCUT2D eigenvalue weighted by molar-refractivity contribution is 6.04. The van der Waals surface area contributed by atoms with Gasteiger partial charge in [-0.05, 0) is 88.1 Å². The van der Waals surface area contributed by atoms with Crippen molar-refractivity contribution in [2.45, 2.75) is 52.2 Å². The van der Waals surface area contributed by atoms with Gasteiger partial charge in [0.05, 0.1) is 12.8 Å². The summed E-state index contributed by atoms with van der Waals surface area (Å²) in [6, 6.07) is 14.0. The Morgan fingerprint density at radius 2 is 1.69 bits per heavy atom. The van der Waals surface area contributed by atoms with Crippen LogP contribution in [0.3, 0.4) is 0 Å². The molecule has 1 aliphatic heterocycles. The lowest BCUT2D eigenvalue weighted by atomic mass is 10.1. The number of benzene rings is 3. The molecule has 242 valence electrons. The number of rotatable bonds is 13. The van der Waals surface area contributed by atoms with Gasteiger partial charge in [0.1, 0.15) is 17.6 Å². The predicted octanol–water partition coefficient (Wildman–Crippen LogP) is 6.60. The van der Waals surface area contributed by atoms with E-state index in [1.165, 1.54) is 13.2 Å². The van der Waals surface area contributed by atoms with Gasteiger partial charge in [-0.25, -0.2) is 9.18 Å². The summed E-state index contributed by atoms with van der Waals surface area (Å²) in [4.78, 5) is 27.4. The highest BCUT2D eigenvalue weighted by atomic mass is 19.1. The van der Waals surface area contributed by atoms with E-state index in [4.69, 9.17) is 18.9 Å². The van der Waals surface area contributed by atoms with Crippen LogP contribution in [0.1, 0.15) is 49.0 Å². The number of amides is 3. The summed E-state index contributed by atoms with van der Waals surface area (Å²) in [5, 5.41) is 8.00. The fraction of sp³-hybridized carbons (Fsp3) is 0.412. The molecule has 1 saturated heterocycles. The molecule has 3 aromatic rings. The van der Waals surface area contributed by atoms with Crippen LogP contribution in [0.2, 0.25) is 0 Å². The van der Waals surface area contributed by atoms with E-state index in [1.54, 1.807) is 51.3 Å². The normalized spacial score (nSPS) is 13.8. The van der Waals surface area contributed by atoms with Gasteiger partial charge in [-0.15, -0.1) is 0 Å². The molecule has 0 atom stereocenters. The highest BCUT2D eigenvalue weighted by Crippen LogP contribution is 2.36. The van der Waals surface area contributed by atoms with Crippen LogP contribution >= 0.6 is 0 Å². The SMILES string of the molecule is COCCCN1CCC(Oc2ccc(C(=O)Nc3ccc(Oc4cc(F)c(NC(=O)NC(C)C)cc4OC)cc3)cc2C)CC1. The fourth-order valence-electron chi connectivity index (χ4n) is 5.01. The van der Waals surface area contributed by atoms with Crippen LogP contribution in [-0.2, 0) is 4.74 Å². The molecule has 11 heteroatoms. The van der Waals surface area contributed by atoms with Crippen LogP contribution in [-0.4, -0.2) is 69.4 Å². The average molecular weight is 623 g/mol. The second-order valence-corrected chi connectivity index (χ2v) is 11.3. The van der Waals surface area contributed by atoms with Gasteiger partial charge in [0.25, 0.3) is 5.91 Å². The van der Waals surface area contributed by atoms with E-state index in [1.807, 2.05) is 19.1 Å². The average Bonchev–Trinajstić information content (AvgIpc) is 3.01. The van der Waals surface area contributed by atoms with Gasteiger partial charge in [0, 0.05) is 62.8 Å². The van der Waals surface area contributed by atoms with Gasteiger partial charge in [0.15, 0.2) is 17.3 Å². The standard InChI is InChI=1S/C34H43FN4O6/c1-22(2)36-34(41)38-29-21-31(43-5)32(20-28(29)35)45-26-10-8-25(9-11-26)37-33(40)24-7-12-30(23(3)19-24)44-27-13-16-39(17-14-27)15-6-18-42-4/h7-12,19-22,27H,6,13-18H2,1-5H3,(H,37,40)(H2,36,38,41). The lowest BCUT2D eigenvalue weighted by Crippen LogP contribution is -2.39. The number of nitrogens with zero attached hydrogens (tertiary/aromatic N) is 1. The first-order valence-electron chi connectivity index (χ1n) is 15.2.